The zero-order chi connectivity index (χ0) is 11.0. The number of rotatable bonds is 7. The molecule has 0 atom stereocenters. The molecule has 0 spiro atoms. The number of sulfonamides is 1. The number of amides is 1. The summed E-state index contributed by atoms with van der Waals surface area (Å²) in [6.45, 7) is 2.64. The molecule has 0 aromatic heterocycles. The van der Waals surface area contributed by atoms with E-state index < -0.39 is 15.2 Å². The molecule has 0 aliphatic carbocycles. The third-order valence-electron chi connectivity index (χ3n) is 1.39. The summed E-state index contributed by atoms with van der Waals surface area (Å²) in [4.78, 5) is 11.0. The maximum absolute atomic E-state index is 11.0. The number of alkyl halides is 1. The second-order valence-corrected chi connectivity index (χ2v) is 5.11. The van der Waals surface area contributed by atoms with Crippen molar-refractivity contribution in [2.45, 2.75) is 19.8 Å². The van der Waals surface area contributed by atoms with Gasteiger partial charge in [-0.15, -0.1) is 11.6 Å². The van der Waals surface area contributed by atoms with E-state index in [1.54, 1.807) is 0 Å². The molecule has 0 bridgehead atoms. The lowest BCUT2D eigenvalue weighted by Gasteiger charge is -2.04. The van der Waals surface area contributed by atoms with E-state index in [4.69, 9.17) is 11.6 Å². The van der Waals surface area contributed by atoms with Gasteiger partial charge in [0, 0.05) is 19.5 Å². The molecule has 0 heterocycles. The van der Waals surface area contributed by atoms with Gasteiger partial charge in [0.05, 0.1) is 0 Å². The minimum Gasteiger partial charge on any atom is -0.356 e. The van der Waals surface area contributed by atoms with Crippen LogP contribution in [0.2, 0.25) is 0 Å². The molecule has 14 heavy (non-hydrogen) atoms. The van der Waals surface area contributed by atoms with Gasteiger partial charge < -0.3 is 5.32 Å². The van der Waals surface area contributed by atoms with Gasteiger partial charge in [0.1, 0.15) is 5.21 Å². The first-order chi connectivity index (χ1) is 6.52. The monoisotopic (exact) mass is 242 g/mol. The molecule has 0 aromatic rings. The van der Waals surface area contributed by atoms with Crippen molar-refractivity contribution < 1.29 is 13.2 Å². The lowest BCUT2D eigenvalue weighted by atomic mass is 10.4. The number of carbonyl (C=O) groups excluding carboxylic acids is 1. The SMILES string of the molecule is CCCNC(=O)CCNS(=O)(=O)CCl. The van der Waals surface area contributed by atoms with Gasteiger partial charge >= 0.3 is 0 Å². The van der Waals surface area contributed by atoms with Crippen LogP contribution in [0.4, 0.5) is 0 Å². The Kier molecular flexibility index (Phi) is 6.86. The van der Waals surface area contributed by atoms with Crippen LogP contribution in [0.15, 0.2) is 0 Å². The Balaban J connectivity index is 3.59. The highest BCUT2D eigenvalue weighted by Crippen LogP contribution is 1.88. The minimum absolute atomic E-state index is 0.0879. The van der Waals surface area contributed by atoms with Gasteiger partial charge in [0.2, 0.25) is 15.9 Å². The molecule has 84 valence electrons. The third kappa shape index (κ3) is 7.11. The molecule has 0 fully saturated rings. The molecule has 0 aromatic carbocycles. The summed E-state index contributed by atoms with van der Waals surface area (Å²) >= 11 is 5.14. The fourth-order valence-corrected chi connectivity index (χ4v) is 1.43. The molecule has 7 heteroatoms. The summed E-state index contributed by atoms with van der Waals surface area (Å²) in [6, 6.07) is 0. The largest absolute Gasteiger partial charge is 0.356 e. The second kappa shape index (κ2) is 7.03. The van der Waals surface area contributed by atoms with Crippen LogP contribution in [-0.4, -0.2) is 32.6 Å². The summed E-state index contributed by atoms with van der Waals surface area (Å²) in [5.74, 6) is -0.163. The van der Waals surface area contributed by atoms with Crippen molar-refractivity contribution in [2.75, 3.05) is 18.3 Å². The van der Waals surface area contributed by atoms with Gasteiger partial charge in [-0.3, -0.25) is 4.79 Å². The van der Waals surface area contributed by atoms with Gasteiger partial charge in [0.15, 0.2) is 0 Å². The summed E-state index contributed by atoms with van der Waals surface area (Å²) in [5.41, 5.74) is 0. The van der Waals surface area contributed by atoms with Gasteiger partial charge in [-0.2, -0.15) is 0 Å². The lowest BCUT2D eigenvalue weighted by molar-refractivity contribution is -0.120. The first-order valence-corrected chi connectivity index (χ1v) is 6.50. The molecule has 0 radical (unpaired) electrons. The molecule has 0 aliphatic heterocycles. The number of nitrogens with one attached hydrogen (secondary N) is 2. The molecule has 0 aliphatic rings. The zero-order valence-electron chi connectivity index (χ0n) is 8.05. The number of halogens is 1. The summed E-state index contributed by atoms with van der Waals surface area (Å²) in [6.07, 6.45) is 0.995. The van der Waals surface area contributed by atoms with E-state index in [1.807, 2.05) is 6.92 Å². The topological polar surface area (TPSA) is 75.3 Å². The van der Waals surface area contributed by atoms with Crippen LogP contribution in [0.25, 0.3) is 0 Å². The van der Waals surface area contributed by atoms with Gasteiger partial charge in [-0.1, -0.05) is 6.92 Å². The fraction of sp³-hybridized carbons (Fsp3) is 0.857. The molecule has 0 saturated heterocycles. The number of carbonyl (C=O) groups is 1. The molecule has 0 saturated carbocycles. The molecule has 5 nitrogen and oxygen atoms in total. The Morgan fingerprint density at radius 1 is 1.36 bits per heavy atom. The maximum atomic E-state index is 11.0. The molecular formula is C7H15ClN2O3S. The van der Waals surface area contributed by atoms with E-state index >= 15 is 0 Å². The van der Waals surface area contributed by atoms with Crippen LogP contribution in [-0.2, 0) is 14.8 Å². The Morgan fingerprint density at radius 2 is 2.00 bits per heavy atom. The van der Waals surface area contributed by atoms with Crippen molar-refractivity contribution in [3.8, 4) is 0 Å². The van der Waals surface area contributed by atoms with Crippen LogP contribution in [0.3, 0.4) is 0 Å². The van der Waals surface area contributed by atoms with Crippen LogP contribution in [0.1, 0.15) is 19.8 Å². The van der Waals surface area contributed by atoms with Crippen LogP contribution >= 0.6 is 11.6 Å². The van der Waals surface area contributed by atoms with Crippen molar-refractivity contribution in [3.63, 3.8) is 0 Å². The van der Waals surface area contributed by atoms with E-state index in [0.29, 0.717) is 6.54 Å². The highest BCUT2D eigenvalue weighted by atomic mass is 35.5. The van der Waals surface area contributed by atoms with Crippen molar-refractivity contribution in [1.29, 1.82) is 0 Å². The molecule has 0 unspecified atom stereocenters. The maximum Gasteiger partial charge on any atom is 0.225 e. The first-order valence-electron chi connectivity index (χ1n) is 4.32. The average Bonchev–Trinajstić information content (AvgIpc) is 2.14. The Labute approximate surface area is 89.3 Å². The van der Waals surface area contributed by atoms with Crippen molar-refractivity contribution in [3.05, 3.63) is 0 Å². The standard InChI is InChI=1S/C7H15ClN2O3S/c1-2-4-9-7(11)3-5-10-14(12,13)6-8/h10H,2-6H2,1H3,(H,9,11). The van der Waals surface area contributed by atoms with E-state index in [-0.39, 0.29) is 18.9 Å². The summed E-state index contributed by atoms with van der Waals surface area (Å²) in [5, 5.41) is 2.15. The van der Waals surface area contributed by atoms with Crippen LogP contribution in [0, 0.1) is 0 Å². The smallest absolute Gasteiger partial charge is 0.225 e. The highest BCUT2D eigenvalue weighted by molar-refractivity contribution is 7.90. The summed E-state index contributed by atoms with van der Waals surface area (Å²) < 4.78 is 23.8. The Bertz CT molecular complexity index is 266. The Morgan fingerprint density at radius 3 is 2.50 bits per heavy atom. The minimum atomic E-state index is -3.40. The van der Waals surface area contributed by atoms with E-state index in [0.717, 1.165) is 6.42 Å². The Hall–Kier alpha value is -0.330. The highest BCUT2D eigenvalue weighted by Gasteiger charge is 2.07. The third-order valence-corrected chi connectivity index (χ3v) is 3.18. The van der Waals surface area contributed by atoms with Crippen molar-refractivity contribution in [1.82, 2.24) is 10.0 Å². The number of hydrogen-bond donors (Lipinski definition) is 2. The predicted molar refractivity (Wildman–Crippen MR) is 55.6 cm³/mol. The first kappa shape index (κ1) is 13.7. The van der Waals surface area contributed by atoms with Crippen molar-refractivity contribution in [2.24, 2.45) is 0 Å². The van der Waals surface area contributed by atoms with Gasteiger partial charge in [0.25, 0.3) is 0 Å². The molecular weight excluding hydrogens is 228 g/mol. The normalized spacial score (nSPS) is 11.3. The van der Waals surface area contributed by atoms with E-state index in [9.17, 15) is 13.2 Å². The average molecular weight is 243 g/mol. The zero-order valence-corrected chi connectivity index (χ0v) is 9.62. The van der Waals surface area contributed by atoms with Crippen LogP contribution in [0.5, 0.6) is 0 Å². The van der Waals surface area contributed by atoms with E-state index in [1.165, 1.54) is 0 Å². The van der Waals surface area contributed by atoms with Crippen molar-refractivity contribution >= 4 is 27.5 Å². The number of hydrogen-bond acceptors (Lipinski definition) is 3. The molecule has 2 N–H and O–H groups in total. The fourth-order valence-electron chi connectivity index (χ4n) is 0.711. The summed E-state index contributed by atoms with van der Waals surface area (Å²) in [7, 11) is -3.40. The quantitative estimate of drug-likeness (QED) is 0.618. The van der Waals surface area contributed by atoms with Gasteiger partial charge in [-0.25, -0.2) is 13.1 Å². The molecule has 0 rings (SSSR count). The lowest BCUT2D eigenvalue weighted by Crippen LogP contribution is -2.31. The van der Waals surface area contributed by atoms with Gasteiger partial charge in [-0.05, 0) is 6.42 Å². The molecule has 1 amide bonds. The van der Waals surface area contributed by atoms with Crippen LogP contribution < -0.4 is 10.0 Å². The van der Waals surface area contributed by atoms with E-state index in [2.05, 4.69) is 10.0 Å². The second-order valence-electron chi connectivity index (χ2n) is 2.72. The predicted octanol–water partition coefficient (Wildman–Crippen LogP) is 0.0184.